The molecule has 6 heteroatoms. The fraction of sp³-hybridized carbons (Fsp3) is 0.385. The molecule has 5 rings (SSSR count). The molecule has 2 fully saturated rings. The third-order valence-corrected chi connectivity index (χ3v) is 6.61. The first-order valence-electron chi connectivity index (χ1n) is 11.5. The monoisotopic (exact) mass is 430 g/mol. The second kappa shape index (κ2) is 8.79. The van der Waals surface area contributed by atoms with Crippen molar-refractivity contribution in [3.63, 3.8) is 0 Å². The SMILES string of the molecule is Cc1cccc(C(=O)N2CCCCC2)c1-c1ccc2nc(N)c(N3CCOCC3)cc2c1. The van der Waals surface area contributed by atoms with Gasteiger partial charge in [-0.3, -0.25) is 4.79 Å². The molecular weight excluding hydrogens is 400 g/mol. The first-order chi connectivity index (χ1) is 15.6. The van der Waals surface area contributed by atoms with Gasteiger partial charge >= 0.3 is 0 Å². The number of nitrogens with zero attached hydrogens (tertiary/aromatic N) is 3. The molecule has 2 aliphatic heterocycles. The summed E-state index contributed by atoms with van der Waals surface area (Å²) in [6.45, 7) is 6.77. The Hall–Kier alpha value is -3.12. The van der Waals surface area contributed by atoms with Crippen LogP contribution in [-0.4, -0.2) is 55.2 Å². The van der Waals surface area contributed by atoms with Crippen LogP contribution in [-0.2, 0) is 4.74 Å². The number of nitrogens with two attached hydrogens (primary N) is 1. The molecule has 1 amide bonds. The molecule has 2 aromatic carbocycles. The van der Waals surface area contributed by atoms with Gasteiger partial charge in [-0.2, -0.15) is 0 Å². The van der Waals surface area contributed by atoms with E-state index < -0.39 is 0 Å². The molecule has 32 heavy (non-hydrogen) atoms. The van der Waals surface area contributed by atoms with Crippen molar-refractivity contribution in [1.29, 1.82) is 0 Å². The molecule has 2 saturated heterocycles. The van der Waals surface area contributed by atoms with Gasteiger partial charge in [-0.25, -0.2) is 4.98 Å². The van der Waals surface area contributed by atoms with E-state index in [0.29, 0.717) is 19.0 Å². The van der Waals surface area contributed by atoms with Crippen LogP contribution < -0.4 is 10.6 Å². The van der Waals surface area contributed by atoms with Crippen molar-refractivity contribution in [3.8, 4) is 11.1 Å². The number of carbonyl (C=O) groups excluding carboxylic acids is 1. The number of likely N-dealkylation sites (tertiary alicyclic amines) is 1. The van der Waals surface area contributed by atoms with Crippen molar-refractivity contribution >= 4 is 28.3 Å². The van der Waals surface area contributed by atoms with Gasteiger partial charge in [-0.05, 0) is 67.1 Å². The fourth-order valence-electron chi connectivity index (χ4n) is 4.89. The fourth-order valence-corrected chi connectivity index (χ4v) is 4.89. The minimum absolute atomic E-state index is 0.132. The summed E-state index contributed by atoms with van der Waals surface area (Å²) in [5.41, 5.74) is 12.0. The number of pyridine rings is 1. The van der Waals surface area contributed by atoms with Crippen molar-refractivity contribution < 1.29 is 9.53 Å². The van der Waals surface area contributed by atoms with Gasteiger partial charge in [0, 0.05) is 37.1 Å². The number of carbonyl (C=O) groups is 1. The largest absolute Gasteiger partial charge is 0.382 e. The van der Waals surface area contributed by atoms with E-state index in [-0.39, 0.29) is 5.91 Å². The van der Waals surface area contributed by atoms with Crippen molar-refractivity contribution in [1.82, 2.24) is 9.88 Å². The molecule has 0 spiro atoms. The summed E-state index contributed by atoms with van der Waals surface area (Å²) in [5.74, 6) is 0.678. The predicted molar refractivity (Wildman–Crippen MR) is 129 cm³/mol. The second-order valence-corrected chi connectivity index (χ2v) is 8.75. The Balaban J connectivity index is 1.57. The van der Waals surface area contributed by atoms with Gasteiger partial charge in [0.05, 0.1) is 24.4 Å². The lowest BCUT2D eigenvalue weighted by molar-refractivity contribution is 0.0725. The average Bonchev–Trinajstić information content (AvgIpc) is 2.84. The number of morpholine rings is 1. The van der Waals surface area contributed by atoms with Crippen LogP contribution in [0.2, 0.25) is 0 Å². The quantitative estimate of drug-likeness (QED) is 0.672. The minimum Gasteiger partial charge on any atom is -0.382 e. The molecule has 0 radical (unpaired) electrons. The molecule has 2 aliphatic rings. The third-order valence-electron chi connectivity index (χ3n) is 6.61. The van der Waals surface area contributed by atoms with Gasteiger partial charge < -0.3 is 20.3 Å². The van der Waals surface area contributed by atoms with E-state index in [2.05, 4.69) is 41.1 Å². The highest BCUT2D eigenvalue weighted by Gasteiger charge is 2.23. The highest BCUT2D eigenvalue weighted by molar-refractivity contribution is 6.03. The standard InChI is InChI=1S/C26H30N4O2/c1-18-6-5-7-21(26(31)30-10-3-2-4-11-30)24(18)19-8-9-22-20(16-19)17-23(25(27)28-22)29-12-14-32-15-13-29/h5-9,16-17H,2-4,10-15H2,1H3,(H2,27,28). The number of benzene rings is 2. The summed E-state index contributed by atoms with van der Waals surface area (Å²) < 4.78 is 5.49. The van der Waals surface area contributed by atoms with Gasteiger partial charge in [0.2, 0.25) is 0 Å². The zero-order valence-corrected chi connectivity index (χ0v) is 18.6. The number of aryl methyl sites for hydroxylation is 1. The highest BCUT2D eigenvalue weighted by atomic mass is 16.5. The van der Waals surface area contributed by atoms with Crippen LogP contribution in [0.1, 0.15) is 35.2 Å². The summed E-state index contributed by atoms with van der Waals surface area (Å²) in [6, 6.07) is 14.3. The molecule has 0 bridgehead atoms. The van der Waals surface area contributed by atoms with Gasteiger partial charge in [0.1, 0.15) is 5.82 Å². The zero-order chi connectivity index (χ0) is 22.1. The van der Waals surface area contributed by atoms with Crippen molar-refractivity contribution in [2.45, 2.75) is 26.2 Å². The highest BCUT2D eigenvalue weighted by Crippen LogP contribution is 2.34. The summed E-state index contributed by atoms with van der Waals surface area (Å²) in [4.78, 5) is 22.3. The number of ether oxygens (including phenoxy) is 1. The predicted octanol–water partition coefficient (Wildman–Crippen LogP) is 4.26. The molecule has 0 saturated carbocycles. The van der Waals surface area contributed by atoms with E-state index in [0.717, 1.165) is 77.9 Å². The van der Waals surface area contributed by atoms with Crippen LogP contribution in [0.4, 0.5) is 11.5 Å². The van der Waals surface area contributed by atoms with Crippen LogP contribution >= 0.6 is 0 Å². The van der Waals surface area contributed by atoms with Crippen LogP contribution in [0.25, 0.3) is 22.0 Å². The molecule has 3 aromatic rings. The molecule has 3 heterocycles. The number of aromatic nitrogens is 1. The maximum absolute atomic E-state index is 13.4. The lowest BCUT2D eigenvalue weighted by Crippen LogP contribution is -2.36. The Kier molecular flexibility index (Phi) is 5.70. The molecular formula is C26H30N4O2. The van der Waals surface area contributed by atoms with Gasteiger partial charge in [-0.15, -0.1) is 0 Å². The number of hydrogen-bond donors (Lipinski definition) is 1. The lowest BCUT2D eigenvalue weighted by Gasteiger charge is -2.29. The van der Waals surface area contributed by atoms with Crippen LogP contribution in [0.3, 0.4) is 0 Å². The minimum atomic E-state index is 0.132. The molecule has 1 aromatic heterocycles. The molecule has 0 unspecified atom stereocenters. The number of piperidine rings is 1. The summed E-state index contributed by atoms with van der Waals surface area (Å²) in [6.07, 6.45) is 3.37. The summed E-state index contributed by atoms with van der Waals surface area (Å²) in [7, 11) is 0. The van der Waals surface area contributed by atoms with Crippen molar-refractivity contribution in [2.75, 3.05) is 50.0 Å². The molecule has 166 valence electrons. The van der Waals surface area contributed by atoms with Crippen LogP contribution in [0.15, 0.2) is 42.5 Å². The topological polar surface area (TPSA) is 71.7 Å². The molecule has 0 aliphatic carbocycles. The maximum Gasteiger partial charge on any atom is 0.254 e. The van der Waals surface area contributed by atoms with Crippen molar-refractivity contribution in [3.05, 3.63) is 53.6 Å². The average molecular weight is 431 g/mol. The van der Waals surface area contributed by atoms with Gasteiger partial charge in [0.15, 0.2) is 0 Å². The molecule has 0 atom stereocenters. The number of amides is 1. The number of rotatable bonds is 3. The zero-order valence-electron chi connectivity index (χ0n) is 18.6. The first-order valence-corrected chi connectivity index (χ1v) is 11.5. The Labute approximate surface area is 189 Å². The van der Waals surface area contributed by atoms with Crippen molar-refractivity contribution in [2.24, 2.45) is 0 Å². The Morgan fingerprint density at radius 2 is 1.78 bits per heavy atom. The Morgan fingerprint density at radius 1 is 1.00 bits per heavy atom. The second-order valence-electron chi connectivity index (χ2n) is 8.75. The van der Waals surface area contributed by atoms with E-state index in [1.54, 1.807) is 0 Å². The van der Waals surface area contributed by atoms with Gasteiger partial charge in [-0.1, -0.05) is 18.2 Å². The number of nitrogen functional groups attached to an aromatic ring is 1. The maximum atomic E-state index is 13.4. The molecule has 2 N–H and O–H groups in total. The Bertz CT molecular complexity index is 1150. The third kappa shape index (κ3) is 3.91. The number of fused-ring (bicyclic) bond motifs is 1. The van der Waals surface area contributed by atoms with E-state index in [9.17, 15) is 4.79 Å². The number of anilines is 2. The van der Waals surface area contributed by atoms with E-state index >= 15 is 0 Å². The Morgan fingerprint density at radius 3 is 2.56 bits per heavy atom. The summed E-state index contributed by atoms with van der Waals surface area (Å²) in [5, 5.41) is 1.03. The van der Waals surface area contributed by atoms with Gasteiger partial charge in [0.25, 0.3) is 5.91 Å². The summed E-state index contributed by atoms with van der Waals surface area (Å²) >= 11 is 0. The lowest BCUT2D eigenvalue weighted by atomic mass is 9.93. The van der Waals surface area contributed by atoms with E-state index in [1.807, 2.05) is 23.1 Å². The normalized spacial score (nSPS) is 17.0. The van der Waals surface area contributed by atoms with Crippen LogP contribution in [0, 0.1) is 6.92 Å². The molecule has 6 nitrogen and oxygen atoms in total. The number of hydrogen-bond acceptors (Lipinski definition) is 5. The van der Waals surface area contributed by atoms with Crippen LogP contribution in [0.5, 0.6) is 0 Å². The van der Waals surface area contributed by atoms with E-state index in [1.165, 1.54) is 6.42 Å². The van der Waals surface area contributed by atoms with E-state index in [4.69, 9.17) is 10.5 Å². The smallest absolute Gasteiger partial charge is 0.254 e. The first kappa shape index (κ1) is 20.8.